The summed E-state index contributed by atoms with van der Waals surface area (Å²) >= 11 is 6.43. The molecule has 27 heavy (non-hydrogen) atoms. The summed E-state index contributed by atoms with van der Waals surface area (Å²) in [6.07, 6.45) is 0. The molecule has 0 atom stereocenters. The normalized spacial score (nSPS) is 11.0. The fraction of sp³-hybridized carbons (Fsp3) is 0.150. The zero-order valence-electron chi connectivity index (χ0n) is 14.7. The number of aromatic nitrogens is 1. The molecular formula is C20H15ClN4OS. The minimum absolute atomic E-state index is 0.141. The number of halogens is 1. The fourth-order valence-electron chi connectivity index (χ4n) is 2.70. The van der Waals surface area contributed by atoms with Crippen LogP contribution in [0.5, 0.6) is 0 Å². The highest BCUT2D eigenvalue weighted by Crippen LogP contribution is 2.34. The van der Waals surface area contributed by atoms with Crippen LogP contribution in [-0.2, 0) is 4.79 Å². The average molecular weight is 395 g/mol. The monoisotopic (exact) mass is 394 g/mol. The van der Waals surface area contributed by atoms with Crippen LogP contribution in [0.15, 0.2) is 57.7 Å². The topological polar surface area (TPSA) is 78.5 Å². The van der Waals surface area contributed by atoms with E-state index in [-0.39, 0.29) is 11.0 Å². The van der Waals surface area contributed by atoms with Crippen molar-refractivity contribution in [1.29, 1.82) is 5.26 Å². The Labute approximate surface area is 166 Å². The van der Waals surface area contributed by atoms with Gasteiger partial charge in [0.15, 0.2) is 0 Å². The van der Waals surface area contributed by atoms with Crippen LogP contribution in [0.2, 0.25) is 0 Å². The number of nitrogens with zero attached hydrogens (tertiary/aromatic N) is 4. The highest BCUT2D eigenvalue weighted by atomic mass is 35.5. The van der Waals surface area contributed by atoms with E-state index in [2.05, 4.69) is 21.3 Å². The summed E-state index contributed by atoms with van der Waals surface area (Å²) in [5, 5.41) is 20.4. The summed E-state index contributed by atoms with van der Waals surface area (Å²) < 4.78 is 0. The second kappa shape index (κ2) is 8.30. The van der Waals surface area contributed by atoms with E-state index in [1.807, 2.05) is 42.5 Å². The maximum Gasteiger partial charge on any atom is 0.209 e. The van der Waals surface area contributed by atoms with E-state index in [0.29, 0.717) is 27.5 Å². The van der Waals surface area contributed by atoms with Gasteiger partial charge in [-0.1, -0.05) is 36.4 Å². The van der Waals surface area contributed by atoms with Crippen LogP contribution in [0.1, 0.15) is 16.8 Å². The van der Waals surface area contributed by atoms with E-state index in [9.17, 15) is 10.1 Å². The molecular weight excluding hydrogens is 380 g/mol. The molecule has 3 aromatic rings. The summed E-state index contributed by atoms with van der Waals surface area (Å²) in [5.41, 5.74) is 2.82. The molecule has 3 rings (SSSR count). The van der Waals surface area contributed by atoms with Crippen LogP contribution in [0, 0.1) is 25.2 Å². The Bertz CT molecular complexity index is 1100. The molecule has 0 spiro atoms. The smallest absolute Gasteiger partial charge is 0.209 e. The van der Waals surface area contributed by atoms with Gasteiger partial charge in [0.25, 0.3) is 0 Å². The van der Waals surface area contributed by atoms with Gasteiger partial charge in [-0.3, -0.25) is 4.79 Å². The van der Waals surface area contributed by atoms with Gasteiger partial charge in [-0.2, -0.15) is 5.26 Å². The number of carbonyl (C=O) groups is 1. The average Bonchev–Trinajstić information content (AvgIpc) is 2.68. The second-order valence-electron chi connectivity index (χ2n) is 5.77. The molecule has 1 aromatic heterocycles. The van der Waals surface area contributed by atoms with Gasteiger partial charge < -0.3 is 0 Å². The molecule has 0 unspecified atom stereocenters. The highest BCUT2D eigenvalue weighted by molar-refractivity contribution is 8.13. The number of fused-ring (bicyclic) bond motifs is 1. The third kappa shape index (κ3) is 4.00. The van der Waals surface area contributed by atoms with Crippen LogP contribution >= 0.6 is 23.4 Å². The summed E-state index contributed by atoms with van der Waals surface area (Å²) in [6.45, 7) is 3.56. The number of benzene rings is 2. The number of azo groups is 1. The number of nitriles is 1. The van der Waals surface area contributed by atoms with E-state index >= 15 is 0 Å². The number of thioether (sulfide) groups is 1. The molecule has 0 aliphatic carbocycles. The van der Waals surface area contributed by atoms with Crippen molar-refractivity contribution in [3.8, 4) is 6.07 Å². The van der Waals surface area contributed by atoms with E-state index < -0.39 is 0 Å². The van der Waals surface area contributed by atoms with Crippen LogP contribution in [0.4, 0.5) is 11.4 Å². The van der Waals surface area contributed by atoms with Gasteiger partial charge >= 0.3 is 0 Å². The van der Waals surface area contributed by atoms with Crippen molar-refractivity contribution in [1.82, 2.24) is 4.98 Å². The number of hydrogen-bond acceptors (Lipinski definition) is 6. The Balaban J connectivity index is 2.06. The predicted molar refractivity (Wildman–Crippen MR) is 108 cm³/mol. The molecule has 0 fully saturated rings. The maximum atomic E-state index is 11.6. The molecule has 7 heteroatoms. The molecule has 0 N–H and O–H groups in total. The number of rotatable bonds is 4. The minimum atomic E-state index is -0.260. The first-order valence-electron chi connectivity index (χ1n) is 8.12. The summed E-state index contributed by atoms with van der Waals surface area (Å²) in [4.78, 5) is 16.0. The Morgan fingerprint density at radius 3 is 2.67 bits per heavy atom. The predicted octanol–water partition coefficient (Wildman–Crippen LogP) is 6.00. The highest BCUT2D eigenvalue weighted by Gasteiger charge is 2.17. The van der Waals surface area contributed by atoms with Gasteiger partial charge in [-0.15, -0.1) is 21.8 Å². The first kappa shape index (κ1) is 19.0. The van der Waals surface area contributed by atoms with E-state index in [0.717, 1.165) is 28.2 Å². The third-order valence-corrected chi connectivity index (χ3v) is 5.27. The fourth-order valence-corrected chi connectivity index (χ4v) is 3.62. The lowest BCUT2D eigenvalue weighted by Crippen LogP contribution is -2.00. The van der Waals surface area contributed by atoms with Gasteiger partial charge in [-0.25, -0.2) is 4.98 Å². The number of hydrogen-bond donors (Lipinski definition) is 0. The standard InChI is InChI=1S/C20H15ClN4OS/c1-12-16(11-22)20(27-18(26)10-21)23-13(2)19(12)25-24-17-9-5-7-14-6-3-4-8-15(14)17/h3-9H,10H2,1-2H3. The molecule has 0 bridgehead atoms. The largest absolute Gasteiger partial charge is 0.285 e. The molecule has 0 aliphatic rings. The van der Waals surface area contributed by atoms with Crippen LogP contribution in [-0.4, -0.2) is 16.0 Å². The van der Waals surface area contributed by atoms with Gasteiger partial charge in [-0.05, 0) is 42.6 Å². The number of carbonyl (C=O) groups excluding carboxylic acids is 1. The molecule has 0 aliphatic heterocycles. The maximum absolute atomic E-state index is 11.6. The lowest BCUT2D eigenvalue weighted by molar-refractivity contribution is -0.108. The van der Waals surface area contributed by atoms with Crippen molar-refractivity contribution in [3.63, 3.8) is 0 Å². The van der Waals surface area contributed by atoms with Crippen LogP contribution in [0.3, 0.4) is 0 Å². The van der Waals surface area contributed by atoms with Crippen molar-refractivity contribution in [2.45, 2.75) is 18.9 Å². The zero-order chi connectivity index (χ0) is 19.4. The quantitative estimate of drug-likeness (QED) is 0.309. The molecule has 2 aromatic carbocycles. The van der Waals surface area contributed by atoms with Gasteiger partial charge in [0.05, 0.1) is 22.8 Å². The Morgan fingerprint density at radius 1 is 1.19 bits per heavy atom. The van der Waals surface area contributed by atoms with Gasteiger partial charge in [0, 0.05) is 5.39 Å². The first-order valence-corrected chi connectivity index (χ1v) is 9.47. The Hall–Kier alpha value is -2.75. The van der Waals surface area contributed by atoms with E-state index in [4.69, 9.17) is 11.6 Å². The van der Waals surface area contributed by atoms with Crippen molar-refractivity contribution in [3.05, 3.63) is 59.3 Å². The third-order valence-electron chi connectivity index (χ3n) is 4.01. The van der Waals surface area contributed by atoms with E-state index in [1.54, 1.807) is 13.8 Å². The first-order chi connectivity index (χ1) is 13.0. The zero-order valence-corrected chi connectivity index (χ0v) is 16.3. The molecule has 0 radical (unpaired) electrons. The van der Waals surface area contributed by atoms with Crippen molar-refractivity contribution in [2.24, 2.45) is 10.2 Å². The lowest BCUT2D eigenvalue weighted by Gasteiger charge is -2.09. The molecule has 5 nitrogen and oxygen atoms in total. The van der Waals surface area contributed by atoms with Crippen molar-refractivity contribution in [2.75, 3.05) is 5.88 Å². The number of pyridine rings is 1. The summed E-state index contributed by atoms with van der Waals surface area (Å²) in [7, 11) is 0. The molecule has 0 saturated heterocycles. The number of alkyl halides is 1. The molecule has 0 amide bonds. The van der Waals surface area contributed by atoms with Gasteiger partial charge in [0.2, 0.25) is 5.12 Å². The van der Waals surface area contributed by atoms with Crippen molar-refractivity contribution >= 4 is 50.6 Å². The number of aryl methyl sites for hydroxylation is 1. The van der Waals surface area contributed by atoms with E-state index in [1.165, 1.54) is 0 Å². The molecule has 0 saturated carbocycles. The van der Waals surface area contributed by atoms with Crippen molar-refractivity contribution < 1.29 is 4.79 Å². The summed E-state index contributed by atoms with van der Waals surface area (Å²) in [5.74, 6) is -0.141. The Morgan fingerprint density at radius 2 is 1.93 bits per heavy atom. The molecule has 1 heterocycles. The Kier molecular flexibility index (Phi) is 5.84. The molecule has 134 valence electrons. The second-order valence-corrected chi connectivity index (χ2v) is 7.08. The SMILES string of the molecule is Cc1nc(SC(=O)CCl)c(C#N)c(C)c1N=Nc1cccc2ccccc12. The van der Waals surface area contributed by atoms with Crippen LogP contribution in [0.25, 0.3) is 10.8 Å². The van der Waals surface area contributed by atoms with Crippen LogP contribution < -0.4 is 0 Å². The lowest BCUT2D eigenvalue weighted by atomic mass is 10.1. The van der Waals surface area contributed by atoms with Gasteiger partial charge in [0.1, 0.15) is 16.8 Å². The summed E-state index contributed by atoms with van der Waals surface area (Å²) in [6, 6.07) is 15.9. The minimum Gasteiger partial charge on any atom is -0.285 e.